The zero-order valence-corrected chi connectivity index (χ0v) is 18.6. The molecule has 1 saturated heterocycles. The zero-order valence-electron chi connectivity index (χ0n) is 18.6. The summed E-state index contributed by atoms with van der Waals surface area (Å²) >= 11 is 0. The Labute approximate surface area is 187 Å². The van der Waals surface area contributed by atoms with Crippen molar-refractivity contribution >= 4 is 29.3 Å². The van der Waals surface area contributed by atoms with Crippen molar-refractivity contribution in [3.63, 3.8) is 0 Å². The highest BCUT2D eigenvalue weighted by atomic mass is 16.5. The quantitative estimate of drug-likeness (QED) is 0.400. The standard InChI is InChI=1S/C26H27NO5/c1-15-4-11-21-22(12-15)25(30)27(24(21)29)20-9-7-18(8-10-20)26(31)32-14-23(28)19-6-5-16(2)17(3)13-19/h5-10,13,15,21-22H,4,11-12,14H2,1-3H3/t15-,21-,22+/m1/s1. The van der Waals surface area contributed by atoms with Crippen molar-refractivity contribution in [3.05, 3.63) is 64.7 Å². The third-order valence-electron chi connectivity index (χ3n) is 6.71. The summed E-state index contributed by atoms with van der Waals surface area (Å²) in [7, 11) is 0. The summed E-state index contributed by atoms with van der Waals surface area (Å²) in [5.74, 6) is -1.25. The molecule has 0 radical (unpaired) electrons. The molecule has 32 heavy (non-hydrogen) atoms. The van der Waals surface area contributed by atoms with Crippen LogP contribution < -0.4 is 4.90 Å². The Balaban J connectivity index is 1.40. The summed E-state index contributed by atoms with van der Waals surface area (Å²) in [5, 5.41) is 0. The summed E-state index contributed by atoms with van der Waals surface area (Å²) in [6.45, 7) is 5.64. The molecule has 2 aromatic carbocycles. The van der Waals surface area contributed by atoms with Crippen LogP contribution in [0.25, 0.3) is 0 Å². The van der Waals surface area contributed by atoms with E-state index in [0.717, 1.165) is 30.4 Å². The van der Waals surface area contributed by atoms with Crippen molar-refractivity contribution in [3.8, 4) is 0 Å². The smallest absolute Gasteiger partial charge is 0.338 e. The van der Waals surface area contributed by atoms with Crippen LogP contribution >= 0.6 is 0 Å². The number of ketones is 1. The molecule has 0 spiro atoms. The molecule has 6 heteroatoms. The minimum atomic E-state index is -0.629. The van der Waals surface area contributed by atoms with Crippen molar-refractivity contribution in [1.82, 2.24) is 0 Å². The fraction of sp³-hybridized carbons (Fsp3) is 0.385. The number of nitrogens with zero attached hydrogens (tertiary/aromatic N) is 1. The van der Waals surface area contributed by atoms with Crippen LogP contribution in [0.5, 0.6) is 0 Å². The van der Waals surface area contributed by atoms with Gasteiger partial charge in [-0.15, -0.1) is 0 Å². The van der Waals surface area contributed by atoms with Crippen LogP contribution in [0, 0.1) is 31.6 Å². The van der Waals surface area contributed by atoms with Crippen LogP contribution in [0.4, 0.5) is 5.69 Å². The van der Waals surface area contributed by atoms with Gasteiger partial charge in [-0.3, -0.25) is 19.3 Å². The first-order valence-corrected chi connectivity index (χ1v) is 11.0. The minimum absolute atomic E-state index is 0.152. The van der Waals surface area contributed by atoms with Crippen LogP contribution in [0.3, 0.4) is 0 Å². The number of esters is 1. The SMILES string of the molecule is Cc1ccc(C(=O)COC(=O)c2ccc(N3C(=O)[C@H]4C[C@H](C)CC[C@H]4C3=O)cc2)cc1C. The van der Waals surface area contributed by atoms with Gasteiger partial charge in [0.1, 0.15) is 0 Å². The fourth-order valence-electron chi connectivity index (χ4n) is 4.60. The maximum Gasteiger partial charge on any atom is 0.338 e. The largest absolute Gasteiger partial charge is 0.454 e. The number of hydrogen-bond donors (Lipinski definition) is 0. The van der Waals surface area contributed by atoms with Crippen molar-refractivity contribution in [1.29, 1.82) is 0 Å². The van der Waals surface area contributed by atoms with Crippen LogP contribution in [-0.4, -0.2) is 30.2 Å². The summed E-state index contributed by atoms with van der Waals surface area (Å²) < 4.78 is 5.18. The molecule has 1 aliphatic carbocycles. The van der Waals surface area contributed by atoms with E-state index < -0.39 is 5.97 Å². The highest BCUT2D eigenvalue weighted by Gasteiger charge is 2.49. The Hall–Kier alpha value is -3.28. The molecule has 1 saturated carbocycles. The molecule has 6 nitrogen and oxygen atoms in total. The van der Waals surface area contributed by atoms with E-state index in [9.17, 15) is 19.2 Å². The molecule has 0 N–H and O–H groups in total. The lowest BCUT2D eigenvalue weighted by atomic mass is 9.76. The number of amides is 2. The van der Waals surface area contributed by atoms with E-state index in [1.54, 1.807) is 24.3 Å². The third-order valence-corrected chi connectivity index (χ3v) is 6.71. The molecule has 0 bridgehead atoms. The summed E-state index contributed by atoms with van der Waals surface area (Å²) in [6.07, 6.45) is 2.44. The molecular formula is C26H27NO5. The van der Waals surface area contributed by atoms with Gasteiger partial charge >= 0.3 is 5.97 Å². The Bertz CT molecular complexity index is 1090. The van der Waals surface area contributed by atoms with Gasteiger partial charge in [-0.2, -0.15) is 0 Å². The van der Waals surface area contributed by atoms with E-state index in [-0.39, 0.29) is 41.6 Å². The predicted molar refractivity (Wildman–Crippen MR) is 119 cm³/mol. The van der Waals surface area contributed by atoms with Crippen molar-refractivity contribution < 1.29 is 23.9 Å². The van der Waals surface area contributed by atoms with Gasteiger partial charge in [0.25, 0.3) is 0 Å². The first-order valence-electron chi connectivity index (χ1n) is 11.0. The molecule has 3 atom stereocenters. The van der Waals surface area contributed by atoms with Gasteiger partial charge < -0.3 is 4.74 Å². The average molecular weight is 434 g/mol. The van der Waals surface area contributed by atoms with Crippen LogP contribution in [0.1, 0.15) is 58.0 Å². The summed E-state index contributed by atoms with van der Waals surface area (Å²) in [5.41, 5.74) is 3.30. The number of benzene rings is 2. The molecule has 2 aromatic rings. The van der Waals surface area contributed by atoms with Crippen LogP contribution in [-0.2, 0) is 14.3 Å². The maximum absolute atomic E-state index is 12.8. The van der Waals surface area contributed by atoms with E-state index >= 15 is 0 Å². The zero-order chi connectivity index (χ0) is 23.0. The molecule has 0 aromatic heterocycles. The van der Waals surface area contributed by atoms with Gasteiger partial charge in [0.05, 0.1) is 23.1 Å². The average Bonchev–Trinajstić information content (AvgIpc) is 3.03. The van der Waals surface area contributed by atoms with E-state index in [1.807, 2.05) is 19.9 Å². The number of ether oxygens (including phenoxy) is 1. The number of imide groups is 1. The topological polar surface area (TPSA) is 80.8 Å². The second kappa shape index (κ2) is 8.69. The highest BCUT2D eigenvalue weighted by Crippen LogP contribution is 2.42. The fourth-order valence-corrected chi connectivity index (χ4v) is 4.60. The van der Waals surface area contributed by atoms with Crippen molar-refractivity contribution in [2.24, 2.45) is 17.8 Å². The molecular weight excluding hydrogens is 406 g/mol. The van der Waals surface area contributed by atoms with Gasteiger partial charge in [-0.1, -0.05) is 19.1 Å². The van der Waals surface area contributed by atoms with E-state index in [0.29, 0.717) is 17.2 Å². The number of aryl methyl sites for hydroxylation is 2. The molecule has 2 fully saturated rings. The molecule has 1 aliphatic heterocycles. The van der Waals surface area contributed by atoms with Gasteiger partial charge in [-0.05, 0) is 80.5 Å². The Morgan fingerprint density at radius 2 is 1.56 bits per heavy atom. The highest BCUT2D eigenvalue weighted by molar-refractivity contribution is 6.22. The number of hydrogen-bond acceptors (Lipinski definition) is 5. The lowest BCUT2D eigenvalue weighted by Gasteiger charge is -2.25. The Morgan fingerprint density at radius 3 is 2.25 bits per heavy atom. The van der Waals surface area contributed by atoms with E-state index in [2.05, 4.69) is 6.92 Å². The number of fused-ring (bicyclic) bond motifs is 1. The summed E-state index contributed by atoms with van der Waals surface area (Å²) in [4.78, 5) is 51.6. The number of Topliss-reactive ketones (excluding diaryl/α,β-unsaturated/α-hetero) is 1. The van der Waals surface area contributed by atoms with Crippen LogP contribution in [0.2, 0.25) is 0 Å². The monoisotopic (exact) mass is 433 g/mol. The third kappa shape index (κ3) is 4.09. The molecule has 0 unspecified atom stereocenters. The number of carbonyl (C=O) groups excluding carboxylic acids is 4. The van der Waals surface area contributed by atoms with E-state index in [1.165, 1.54) is 17.0 Å². The molecule has 166 valence electrons. The van der Waals surface area contributed by atoms with Gasteiger partial charge in [0.15, 0.2) is 12.4 Å². The first kappa shape index (κ1) is 21.9. The molecule has 1 heterocycles. The van der Waals surface area contributed by atoms with Gasteiger partial charge in [0.2, 0.25) is 11.8 Å². The Morgan fingerprint density at radius 1 is 0.906 bits per heavy atom. The van der Waals surface area contributed by atoms with Gasteiger partial charge in [0, 0.05) is 5.56 Å². The van der Waals surface area contributed by atoms with Crippen LogP contribution in [0.15, 0.2) is 42.5 Å². The molecule has 2 amide bonds. The molecule has 2 aliphatic rings. The molecule has 4 rings (SSSR count). The predicted octanol–water partition coefficient (Wildman–Crippen LogP) is 4.27. The van der Waals surface area contributed by atoms with Crippen molar-refractivity contribution in [2.75, 3.05) is 11.5 Å². The number of anilines is 1. The Kier molecular flexibility index (Phi) is 5.96. The minimum Gasteiger partial charge on any atom is -0.454 e. The van der Waals surface area contributed by atoms with Crippen molar-refractivity contribution in [2.45, 2.75) is 40.0 Å². The lowest BCUT2D eigenvalue weighted by molar-refractivity contribution is -0.122. The summed E-state index contributed by atoms with van der Waals surface area (Å²) in [6, 6.07) is 11.6. The second-order valence-electron chi connectivity index (χ2n) is 8.99. The first-order chi connectivity index (χ1) is 15.3. The normalized spacial score (nSPS) is 22.6. The van der Waals surface area contributed by atoms with Gasteiger partial charge in [-0.25, -0.2) is 4.79 Å². The maximum atomic E-state index is 12.8. The number of carbonyl (C=O) groups is 4. The number of rotatable bonds is 5. The second-order valence-corrected chi connectivity index (χ2v) is 8.99. The lowest BCUT2D eigenvalue weighted by Crippen LogP contribution is -2.30. The van der Waals surface area contributed by atoms with E-state index in [4.69, 9.17) is 4.74 Å².